The third-order valence-electron chi connectivity index (χ3n) is 3.26. The Morgan fingerprint density at radius 2 is 2.11 bits per heavy atom. The minimum Gasteiger partial charge on any atom is -0.284 e. The molecule has 5 heteroatoms. The molecule has 0 aliphatic heterocycles. The Hall–Kier alpha value is -1.54. The molecule has 1 aromatic carbocycles. The lowest BCUT2D eigenvalue weighted by molar-refractivity contribution is 0.451. The minimum absolute atomic E-state index is 0.135. The van der Waals surface area contributed by atoms with E-state index in [0.717, 1.165) is 18.2 Å². The molecule has 0 heterocycles. The Kier molecular flexibility index (Phi) is 5.37. The molecule has 104 valence electrons. The van der Waals surface area contributed by atoms with Gasteiger partial charge in [-0.3, -0.25) is 4.72 Å². The van der Waals surface area contributed by atoms with Gasteiger partial charge in [0.25, 0.3) is 0 Å². The predicted molar refractivity (Wildman–Crippen MR) is 77.3 cm³/mol. The van der Waals surface area contributed by atoms with Gasteiger partial charge in [0, 0.05) is 12.1 Å². The van der Waals surface area contributed by atoms with Crippen molar-refractivity contribution in [2.45, 2.75) is 32.6 Å². The molecule has 19 heavy (non-hydrogen) atoms. The fourth-order valence-electron chi connectivity index (χ4n) is 2.08. The first kappa shape index (κ1) is 15.5. The van der Waals surface area contributed by atoms with Crippen molar-refractivity contribution in [3.05, 3.63) is 29.8 Å². The SMILES string of the molecule is CCC(C)C(CC#N)c1cccc(NS(C)(=O)=O)c1. The summed E-state index contributed by atoms with van der Waals surface area (Å²) in [5, 5.41) is 8.94. The van der Waals surface area contributed by atoms with E-state index in [1.54, 1.807) is 6.07 Å². The van der Waals surface area contributed by atoms with Gasteiger partial charge < -0.3 is 0 Å². The molecule has 0 bridgehead atoms. The Balaban J connectivity index is 3.05. The van der Waals surface area contributed by atoms with Gasteiger partial charge in [0.05, 0.1) is 12.3 Å². The van der Waals surface area contributed by atoms with Crippen LogP contribution in [0.4, 0.5) is 5.69 Å². The summed E-state index contributed by atoms with van der Waals surface area (Å²) in [6.45, 7) is 4.20. The predicted octanol–water partition coefficient (Wildman–Crippen LogP) is 3.10. The number of nitrogens with one attached hydrogen (secondary N) is 1. The van der Waals surface area contributed by atoms with E-state index < -0.39 is 10.0 Å². The number of hydrogen-bond donors (Lipinski definition) is 1. The maximum atomic E-state index is 11.2. The van der Waals surface area contributed by atoms with Crippen molar-refractivity contribution in [1.82, 2.24) is 0 Å². The number of nitriles is 1. The van der Waals surface area contributed by atoms with E-state index in [9.17, 15) is 8.42 Å². The zero-order valence-electron chi connectivity index (χ0n) is 11.6. The summed E-state index contributed by atoms with van der Waals surface area (Å²) in [5.74, 6) is 0.518. The molecule has 2 unspecified atom stereocenters. The van der Waals surface area contributed by atoms with Gasteiger partial charge in [0.15, 0.2) is 0 Å². The second kappa shape index (κ2) is 6.58. The summed E-state index contributed by atoms with van der Waals surface area (Å²) in [5.41, 5.74) is 1.55. The third kappa shape index (κ3) is 4.92. The monoisotopic (exact) mass is 280 g/mol. The van der Waals surface area contributed by atoms with Crippen molar-refractivity contribution in [3.63, 3.8) is 0 Å². The molecule has 0 aliphatic carbocycles. The largest absolute Gasteiger partial charge is 0.284 e. The van der Waals surface area contributed by atoms with E-state index in [0.29, 0.717) is 18.0 Å². The van der Waals surface area contributed by atoms with Crippen LogP contribution in [0, 0.1) is 17.2 Å². The number of anilines is 1. The van der Waals surface area contributed by atoms with E-state index >= 15 is 0 Å². The number of nitrogens with zero attached hydrogens (tertiary/aromatic N) is 1. The molecule has 0 fully saturated rings. The number of hydrogen-bond acceptors (Lipinski definition) is 3. The van der Waals surface area contributed by atoms with Crippen LogP contribution in [0.1, 0.15) is 38.2 Å². The fraction of sp³-hybridized carbons (Fsp3) is 0.500. The molecule has 0 radical (unpaired) electrons. The Labute approximate surface area is 115 Å². The van der Waals surface area contributed by atoms with Gasteiger partial charge in [-0.2, -0.15) is 5.26 Å². The summed E-state index contributed by atoms with van der Waals surface area (Å²) in [7, 11) is -3.27. The van der Waals surface area contributed by atoms with Crippen LogP contribution >= 0.6 is 0 Å². The lowest BCUT2D eigenvalue weighted by Crippen LogP contribution is -2.12. The molecule has 1 N–H and O–H groups in total. The smallest absolute Gasteiger partial charge is 0.229 e. The maximum Gasteiger partial charge on any atom is 0.229 e. The van der Waals surface area contributed by atoms with E-state index in [1.807, 2.05) is 18.2 Å². The highest BCUT2D eigenvalue weighted by atomic mass is 32.2. The molecule has 4 nitrogen and oxygen atoms in total. The molecule has 0 aromatic heterocycles. The standard InChI is InChI=1S/C14H20N2O2S/c1-4-11(2)14(8-9-15)12-6-5-7-13(10-12)16-19(3,17)18/h5-7,10-11,14,16H,4,8H2,1-3H3. The minimum atomic E-state index is -3.27. The van der Waals surface area contributed by atoms with Gasteiger partial charge in [-0.25, -0.2) is 8.42 Å². The van der Waals surface area contributed by atoms with Gasteiger partial charge in [-0.1, -0.05) is 32.4 Å². The van der Waals surface area contributed by atoms with Gasteiger partial charge in [0.2, 0.25) is 10.0 Å². The van der Waals surface area contributed by atoms with Crippen molar-refractivity contribution >= 4 is 15.7 Å². The quantitative estimate of drug-likeness (QED) is 0.870. The van der Waals surface area contributed by atoms with Crippen molar-refractivity contribution < 1.29 is 8.42 Å². The van der Waals surface area contributed by atoms with Crippen molar-refractivity contribution in [3.8, 4) is 6.07 Å². The number of rotatable bonds is 6. The average Bonchev–Trinajstić information content (AvgIpc) is 2.33. The van der Waals surface area contributed by atoms with E-state index in [4.69, 9.17) is 5.26 Å². The van der Waals surface area contributed by atoms with Gasteiger partial charge in [0.1, 0.15) is 0 Å². The molecule has 0 saturated heterocycles. The Bertz CT molecular complexity index is 561. The van der Waals surface area contributed by atoms with Crippen LogP contribution in [-0.2, 0) is 10.0 Å². The van der Waals surface area contributed by atoms with E-state index in [2.05, 4.69) is 24.6 Å². The fourth-order valence-corrected chi connectivity index (χ4v) is 2.63. The number of benzene rings is 1. The highest BCUT2D eigenvalue weighted by molar-refractivity contribution is 7.92. The molecular formula is C14H20N2O2S. The van der Waals surface area contributed by atoms with Gasteiger partial charge in [-0.15, -0.1) is 0 Å². The first-order chi connectivity index (χ1) is 8.87. The molecule has 0 saturated carbocycles. The average molecular weight is 280 g/mol. The highest BCUT2D eigenvalue weighted by Crippen LogP contribution is 2.31. The lowest BCUT2D eigenvalue weighted by atomic mass is 9.83. The lowest BCUT2D eigenvalue weighted by Gasteiger charge is -2.21. The zero-order chi connectivity index (χ0) is 14.5. The van der Waals surface area contributed by atoms with E-state index in [1.165, 1.54) is 0 Å². The highest BCUT2D eigenvalue weighted by Gasteiger charge is 2.18. The molecule has 0 aliphatic rings. The van der Waals surface area contributed by atoms with Crippen molar-refractivity contribution in [1.29, 1.82) is 5.26 Å². The molecule has 2 atom stereocenters. The van der Waals surface area contributed by atoms with Gasteiger partial charge >= 0.3 is 0 Å². The van der Waals surface area contributed by atoms with Crippen LogP contribution in [0.5, 0.6) is 0 Å². The van der Waals surface area contributed by atoms with Crippen LogP contribution in [-0.4, -0.2) is 14.7 Å². The molecule has 0 spiro atoms. The van der Waals surface area contributed by atoms with Crippen LogP contribution in [0.3, 0.4) is 0 Å². The second-order valence-electron chi connectivity index (χ2n) is 4.85. The van der Waals surface area contributed by atoms with Crippen LogP contribution < -0.4 is 4.72 Å². The van der Waals surface area contributed by atoms with Crippen LogP contribution in [0.2, 0.25) is 0 Å². The van der Waals surface area contributed by atoms with Crippen molar-refractivity contribution in [2.75, 3.05) is 11.0 Å². The summed E-state index contributed by atoms with van der Waals surface area (Å²) >= 11 is 0. The summed E-state index contributed by atoms with van der Waals surface area (Å²) in [6.07, 6.45) is 2.55. The summed E-state index contributed by atoms with van der Waals surface area (Å²) in [6, 6.07) is 9.50. The summed E-state index contributed by atoms with van der Waals surface area (Å²) in [4.78, 5) is 0. The number of sulfonamides is 1. The Morgan fingerprint density at radius 3 is 2.63 bits per heavy atom. The normalized spacial score (nSPS) is 14.4. The van der Waals surface area contributed by atoms with Crippen LogP contribution in [0.25, 0.3) is 0 Å². The molecular weight excluding hydrogens is 260 g/mol. The molecule has 1 rings (SSSR count). The third-order valence-corrected chi connectivity index (χ3v) is 3.87. The first-order valence-electron chi connectivity index (χ1n) is 6.32. The topological polar surface area (TPSA) is 70.0 Å². The first-order valence-corrected chi connectivity index (χ1v) is 8.21. The van der Waals surface area contributed by atoms with Crippen LogP contribution in [0.15, 0.2) is 24.3 Å². The Morgan fingerprint density at radius 1 is 1.42 bits per heavy atom. The van der Waals surface area contributed by atoms with Gasteiger partial charge in [-0.05, 0) is 29.5 Å². The summed E-state index contributed by atoms with van der Waals surface area (Å²) < 4.78 is 24.9. The van der Waals surface area contributed by atoms with E-state index in [-0.39, 0.29) is 5.92 Å². The maximum absolute atomic E-state index is 11.2. The van der Waals surface area contributed by atoms with Crippen molar-refractivity contribution in [2.24, 2.45) is 5.92 Å². The molecule has 1 aromatic rings. The zero-order valence-corrected chi connectivity index (χ0v) is 12.4. The molecule has 0 amide bonds. The second-order valence-corrected chi connectivity index (χ2v) is 6.60.